The van der Waals surface area contributed by atoms with Gasteiger partial charge in [0.1, 0.15) is 10.6 Å². The molecule has 2 N–H and O–H groups in total. The summed E-state index contributed by atoms with van der Waals surface area (Å²) < 4.78 is 35.8. The molecule has 1 amide bonds. The highest BCUT2D eigenvalue weighted by molar-refractivity contribution is 7.89. The first-order valence-electron chi connectivity index (χ1n) is 10.6. The van der Waals surface area contributed by atoms with Crippen LogP contribution < -0.4 is 14.8 Å². The summed E-state index contributed by atoms with van der Waals surface area (Å²) in [5.74, 6) is -0.304. The number of aromatic nitrogens is 2. The van der Waals surface area contributed by atoms with Gasteiger partial charge >= 0.3 is 0 Å². The van der Waals surface area contributed by atoms with E-state index in [1.54, 1.807) is 6.92 Å². The maximum atomic E-state index is 13.0. The van der Waals surface area contributed by atoms with E-state index in [0.29, 0.717) is 5.56 Å². The number of amides is 1. The number of benzene rings is 1. The number of nitro benzene ring substituents is 1. The SMILES string of the molecule is Cc1c(C(=O)NC(C)C)nn(C(C)C)c1Oc1ccc([N+](=O)[O-])cc1S(=O)(=O)NCC(C)C. The molecule has 11 nitrogen and oxygen atoms in total. The lowest BCUT2D eigenvalue weighted by molar-refractivity contribution is -0.385. The molecule has 0 unspecified atom stereocenters. The van der Waals surface area contributed by atoms with E-state index < -0.39 is 20.6 Å². The van der Waals surface area contributed by atoms with Gasteiger partial charge in [-0.25, -0.2) is 17.8 Å². The molecule has 0 fully saturated rings. The smallest absolute Gasteiger partial charge is 0.272 e. The number of ether oxygens (including phenoxy) is 1. The van der Waals surface area contributed by atoms with Crippen LogP contribution in [0.1, 0.15) is 63.6 Å². The average molecular weight is 482 g/mol. The van der Waals surface area contributed by atoms with Crippen LogP contribution >= 0.6 is 0 Å². The number of nitro groups is 1. The normalized spacial score (nSPS) is 11.9. The van der Waals surface area contributed by atoms with Crippen molar-refractivity contribution < 1.29 is 22.9 Å². The van der Waals surface area contributed by atoms with Gasteiger partial charge in [0.05, 0.1) is 11.0 Å². The fourth-order valence-corrected chi connectivity index (χ4v) is 4.24. The highest BCUT2D eigenvalue weighted by Crippen LogP contribution is 2.35. The van der Waals surface area contributed by atoms with Gasteiger partial charge in [-0.05, 0) is 46.6 Å². The molecule has 2 rings (SSSR count). The molecule has 182 valence electrons. The second kappa shape index (κ2) is 10.3. The molecular formula is C21H31N5O6S. The minimum absolute atomic E-state index is 0.0227. The molecule has 12 heteroatoms. The number of hydrogen-bond donors (Lipinski definition) is 2. The number of hydrogen-bond acceptors (Lipinski definition) is 7. The lowest BCUT2D eigenvalue weighted by Crippen LogP contribution is -2.31. The zero-order chi connectivity index (χ0) is 25.1. The fourth-order valence-electron chi connectivity index (χ4n) is 2.88. The molecule has 0 bridgehead atoms. The van der Waals surface area contributed by atoms with Crippen LogP contribution in [-0.2, 0) is 10.0 Å². The molecule has 2 aromatic rings. The Hall–Kier alpha value is -2.99. The highest BCUT2D eigenvalue weighted by Gasteiger charge is 2.28. The molecule has 0 spiro atoms. The van der Waals surface area contributed by atoms with Crippen molar-refractivity contribution in [3.05, 3.63) is 39.6 Å². The van der Waals surface area contributed by atoms with Crippen LogP contribution in [0.2, 0.25) is 0 Å². The Labute approximate surface area is 193 Å². The number of rotatable bonds is 10. The van der Waals surface area contributed by atoms with E-state index in [2.05, 4.69) is 15.1 Å². The third kappa shape index (κ3) is 6.29. The van der Waals surface area contributed by atoms with Crippen LogP contribution in [0.15, 0.2) is 23.1 Å². The average Bonchev–Trinajstić information content (AvgIpc) is 3.02. The summed E-state index contributed by atoms with van der Waals surface area (Å²) in [6.07, 6.45) is 0. The van der Waals surface area contributed by atoms with Gasteiger partial charge in [0.25, 0.3) is 11.6 Å². The van der Waals surface area contributed by atoms with Gasteiger partial charge in [-0.15, -0.1) is 0 Å². The monoisotopic (exact) mass is 481 g/mol. The topological polar surface area (TPSA) is 145 Å². The minimum Gasteiger partial charge on any atom is -0.438 e. The quantitative estimate of drug-likeness (QED) is 0.390. The van der Waals surface area contributed by atoms with Gasteiger partial charge in [0.15, 0.2) is 5.69 Å². The van der Waals surface area contributed by atoms with Crippen LogP contribution in [0, 0.1) is 23.0 Å². The first-order valence-corrected chi connectivity index (χ1v) is 12.1. The van der Waals surface area contributed by atoms with Crippen LogP contribution in [0.4, 0.5) is 5.69 Å². The number of carbonyl (C=O) groups is 1. The third-order valence-corrected chi connectivity index (χ3v) is 5.98. The van der Waals surface area contributed by atoms with Crippen LogP contribution in [0.5, 0.6) is 11.6 Å². The molecule has 0 atom stereocenters. The van der Waals surface area contributed by atoms with Gasteiger partial charge in [-0.1, -0.05) is 13.8 Å². The van der Waals surface area contributed by atoms with Crippen molar-refractivity contribution in [2.24, 2.45) is 5.92 Å². The minimum atomic E-state index is -4.12. The molecule has 0 radical (unpaired) electrons. The number of nitrogens with one attached hydrogen (secondary N) is 2. The number of non-ortho nitro benzene ring substituents is 1. The number of nitrogens with zero attached hydrogens (tertiary/aromatic N) is 3. The molecule has 0 aliphatic heterocycles. The third-order valence-electron chi connectivity index (χ3n) is 4.53. The van der Waals surface area contributed by atoms with E-state index in [4.69, 9.17) is 4.74 Å². The van der Waals surface area contributed by atoms with Crippen molar-refractivity contribution in [3.63, 3.8) is 0 Å². The van der Waals surface area contributed by atoms with Gasteiger partial charge in [0.2, 0.25) is 15.9 Å². The predicted octanol–water partition coefficient (Wildman–Crippen LogP) is 3.55. The molecule has 1 heterocycles. The van der Waals surface area contributed by atoms with Crippen molar-refractivity contribution in [3.8, 4) is 11.6 Å². The summed E-state index contributed by atoms with van der Waals surface area (Å²) in [5.41, 5.74) is 0.175. The zero-order valence-corrected chi connectivity index (χ0v) is 20.7. The van der Waals surface area contributed by atoms with E-state index in [1.807, 2.05) is 41.5 Å². The first kappa shape index (κ1) is 26.3. The molecule has 0 saturated carbocycles. The number of carbonyl (C=O) groups excluding carboxylic acids is 1. The van der Waals surface area contributed by atoms with E-state index in [-0.39, 0.29) is 52.7 Å². The Morgan fingerprint density at radius 3 is 2.36 bits per heavy atom. The summed E-state index contributed by atoms with van der Waals surface area (Å²) in [4.78, 5) is 22.8. The van der Waals surface area contributed by atoms with Gasteiger partial charge in [-0.2, -0.15) is 5.10 Å². The summed E-state index contributed by atoms with van der Waals surface area (Å²) in [6, 6.07) is 3.03. The lowest BCUT2D eigenvalue weighted by Gasteiger charge is -2.16. The maximum absolute atomic E-state index is 13.0. The van der Waals surface area contributed by atoms with E-state index in [1.165, 1.54) is 10.7 Å². The summed E-state index contributed by atoms with van der Waals surface area (Å²) in [6.45, 7) is 12.8. The highest BCUT2D eigenvalue weighted by atomic mass is 32.2. The molecule has 0 saturated heterocycles. The first-order chi connectivity index (χ1) is 15.2. The van der Waals surface area contributed by atoms with Crippen molar-refractivity contribution in [2.75, 3.05) is 6.54 Å². The Morgan fingerprint density at radius 2 is 1.85 bits per heavy atom. The van der Waals surface area contributed by atoms with Crippen LogP contribution in [-0.4, -0.2) is 41.6 Å². The van der Waals surface area contributed by atoms with Crippen LogP contribution in [0.3, 0.4) is 0 Å². The largest absolute Gasteiger partial charge is 0.438 e. The van der Waals surface area contributed by atoms with E-state index in [9.17, 15) is 23.3 Å². The predicted molar refractivity (Wildman–Crippen MR) is 123 cm³/mol. The van der Waals surface area contributed by atoms with Crippen molar-refractivity contribution in [1.82, 2.24) is 19.8 Å². The second-order valence-corrected chi connectivity index (χ2v) is 10.4. The van der Waals surface area contributed by atoms with Crippen molar-refractivity contribution in [2.45, 2.75) is 65.4 Å². The Bertz CT molecular complexity index is 1140. The van der Waals surface area contributed by atoms with Crippen LogP contribution in [0.25, 0.3) is 0 Å². The molecule has 0 aliphatic rings. The van der Waals surface area contributed by atoms with Crippen molar-refractivity contribution >= 4 is 21.6 Å². The zero-order valence-electron chi connectivity index (χ0n) is 19.9. The second-order valence-electron chi connectivity index (χ2n) is 8.68. The Balaban J connectivity index is 2.61. The van der Waals surface area contributed by atoms with E-state index >= 15 is 0 Å². The van der Waals surface area contributed by atoms with Gasteiger partial charge < -0.3 is 10.1 Å². The maximum Gasteiger partial charge on any atom is 0.272 e. The molecule has 33 heavy (non-hydrogen) atoms. The fraction of sp³-hybridized carbons (Fsp3) is 0.524. The summed E-state index contributed by atoms with van der Waals surface area (Å²) in [7, 11) is -4.12. The lowest BCUT2D eigenvalue weighted by atomic mass is 10.2. The van der Waals surface area contributed by atoms with Gasteiger partial charge in [-0.3, -0.25) is 14.9 Å². The summed E-state index contributed by atoms with van der Waals surface area (Å²) >= 11 is 0. The summed E-state index contributed by atoms with van der Waals surface area (Å²) in [5, 5.41) is 18.4. The molecular weight excluding hydrogens is 450 g/mol. The molecule has 1 aromatic heterocycles. The van der Waals surface area contributed by atoms with E-state index in [0.717, 1.165) is 12.1 Å². The standard InChI is InChI=1S/C21H31N5O6S/c1-12(2)11-22-33(30,31)18-10-16(26(28)29)8-9-17(18)32-21-15(7)19(20(27)23-13(3)4)24-25(21)14(5)6/h8-10,12-14,22H,11H2,1-7H3,(H,23,27). The number of sulfonamides is 1. The molecule has 0 aliphatic carbocycles. The Morgan fingerprint density at radius 1 is 1.21 bits per heavy atom. The Kier molecular flexibility index (Phi) is 8.20. The van der Waals surface area contributed by atoms with Gasteiger partial charge in [0, 0.05) is 30.3 Å². The molecule has 1 aromatic carbocycles. The van der Waals surface area contributed by atoms with Crippen molar-refractivity contribution in [1.29, 1.82) is 0 Å².